The van der Waals surface area contributed by atoms with E-state index in [1.807, 2.05) is 18.3 Å². The molecule has 1 aliphatic heterocycles. The normalized spacial score (nSPS) is 15.6. The van der Waals surface area contributed by atoms with Gasteiger partial charge in [-0.25, -0.2) is 4.98 Å². The predicted octanol–water partition coefficient (Wildman–Crippen LogP) is 4.33. The summed E-state index contributed by atoms with van der Waals surface area (Å²) in [6, 6.07) is 18.6. The number of anilines is 2. The Bertz CT molecular complexity index is 1050. The summed E-state index contributed by atoms with van der Waals surface area (Å²) in [6.07, 6.45) is 3.92. The highest BCUT2D eigenvalue weighted by molar-refractivity contribution is 6.01. The van der Waals surface area contributed by atoms with Crippen LogP contribution in [0, 0.1) is 0 Å². The maximum absolute atomic E-state index is 5.86. The molecule has 5 rings (SSSR count). The molecule has 0 bridgehead atoms. The van der Waals surface area contributed by atoms with Crippen molar-refractivity contribution in [3.05, 3.63) is 78.1 Å². The molecule has 1 unspecified atom stereocenters. The zero-order valence-corrected chi connectivity index (χ0v) is 13.0. The monoisotopic (exact) mass is 312 g/mol. The second-order valence-corrected chi connectivity index (χ2v) is 6.12. The Morgan fingerprint density at radius 1 is 0.917 bits per heavy atom. The van der Waals surface area contributed by atoms with E-state index in [1.54, 1.807) is 0 Å². The Kier molecular flexibility index (Phi) is 2.67. The molecule has 1 atom stereocenters. The van der Waals surface area contributed by atoms with Crippen molar-refractivity contribution in [2.75, 3.05) is 11.1 Å². The maximum Gasteiger partial charge on any atom is 0.138 e. The van der Waals surface area contributed by atoms with Gasteiger partial charge in [-0.05, 0) is 35.4 Å². The fourth-order valence-corrected chi connectivity index (χ4v) is 3.56. The van der Waals surface area contributed by atoms with Crippen LogP contribution in [0.2, 0.25) is 0 Å². The van der Waals surface area contributed by atoms with Crippen LogP contribution in [0.1, 0.15) is 17.2 Å². The summed E-state index contributed by atoms with van der Waals surface area (Å²) in [5.74, 6) is 0. The van der Waals surface area contributed by atoms with Crippen molar-refractivity contribution in [3.63, 3.8) is 0 Å². The summed E-state index contributed by atoms with van der Waals surface area (Å²) in [6.45, 7) is 0. The lowest BCUT2D eigenvalue weighted by Gasteiger charge is -2.19. The van der Waals surface area contributed by atoms with Crippen LogP contribution in [0.15, 0.2) is 67.0 Å². The van der Waals surface area contributed by atoms with Gasteiger partial charge in [0.1, 0.15) is 5.65 Å². The van der Waals surface area contributed by atoms with E-state index in [0.29, 0.717) is 0 Å². The van der Waals surface area contributed by atoms with Crippen molar-refractivity contribution < 1.29 is 0 Å². The third kappa shape index (κ3) is 1.83. The van der Waals surface area contributed by atoms with Crippen molar-refractivity contribution in [3.8, 4) is 11.1 Å². The maximum atomic E-state index is 5.86. The molecule has 4 N–H and O–H groups in total. The number of benzene rings is 2. The van der Waals surface area contributed by atoms with E-state index in [4.69, 9.17) is 5.73 Å². The highest BCUT2D eigenvalue weighted by Gasteiger charge is 2.25. The minimum absolute atomic E-state index is 0.0472. The average molecular weight is 312 g/mol. The molecule has 1 aliphatic rings. The van der Waals surface area contributed by atoms with E-state index in [9.17, 15) is 0 Å². The van der Waals surface area contributed by atoms with Crippen LogP contribution in [-0.2, 0) is 0 Å². The highest BCUT2D eigenvalue weighted by atomic mass is 14.9. The van der Waals surface area contributed by atoms with Gasteiger partial charge in [0.2, 0.25) is 0 Å². The van der Waals surface area contributed by atoms with Gasteiger partial charge < -0.3 is 16.0 Å². The summed E-state index contributed by atoms with van der Waals surface area (Å²) in [4.78, 5) is 7.81. The van der Waals surface area contributed by atoms with E-state index < -0.39 is 0 Å². The number of aromatic amines is 1. The van der Waals surface area contributed by atoms with Gasteiger partial charge >= 0.3 is 0 Å². The molecule has 0 saturated heterocycles. The third-order valence-corrected chi connectivity index (χ3v) is 4.70. The first-order valence-electron chi connectivity index (χ1n) is 7.98. The molecule has 0 saturated carbocycles. The summed E-state index contributed by atoms with van der Waals surface area (Å²) in [5, 5.41) is 4.88. The Hall–Kier alpha value is -3.27. The number of H-pyrrole nitrogens is 1. The van der Waals surface area contributed by atoms with Crippen LogP contribution in [0.25, 0.3) is 22.2 Å². The van der Waals surface area contributed by atoms with Gasteiger partial charge in [0.05, 0.1) is 6.04 Å². The zero-order valence-electron chi connectivity index (χ0n) is 13.0. The molecule has 24 heavy (non-hydrogen) atoms. The van der Waals surface area contributed by atoms with Gasteiger partial charge in [-0.2, -0.15) is 0 Å². The lowest BCUT2D eigenvalue weighted by Crippen LogP contribution is -2.11. The van der Waals surface area contributed by atoms with Crippen molar-refractivity contribution in [1.29, 1.82) is 0 Å². The van der Waals surface area contributed by atoms with Crippen molar-refractivity contribution in [2.45, 2.75) is 6.04 Å². The number of nitrogen functional groups attached to an aromatic ring is 1. The van der Waals surface area contributed by atoms with E-state index in [0.717, 1.165) is 17.0 Å². The van der Waals surface area contributed by atoms with E-state index in [-0.39, 0.29) is 6.04 Å². The van der Waals surface area contributed by atoms with E-state index in [1.165, 1.54) is 27.6 Å². The number of pyridine rings is 1. The van der Waals surface area contributed by atoms with Crippen LogP contribution in [-0.4, -0.2) is 9.97 Å². The summed E-state index contributed by atoms with van der Waals surface area (Å²) < 4.78 is 0. The van der Waals surface area contributed by atoms with Gasteiger partial charge in [-0.3, -0.25) is 0 Å². The second kappa shape index (κ2) is 4.86. The molecule has 4 heteroatoms. The number of hydrogen-bond donors (Lipinski definition) is 3. The van der Waals surface area contributed by atoms with Crippen LogP contribution in [0.5, 0.6) is 0 Å². The van der Waals surface area contributed by atoms with Crippen molar-refractivity contribution in [2.24, 2.45) is 0 Å². The second-order valence-electron chi connectivity index (χ2n) is 6.12. The van der Waals surface area contributed by atoms with Crippen LogP contribution < -0.4 is 11.1 Å². The predicted molar refractivity (Wildman–Crippen MR) is 97.8 cm³/mol. The summed E-state index contributed by atoms with van der Waals surface area (Å²) in [5.41, 5.74) is 13.5. The minimum atomic E-state index is 0.0472. The Morgan fingerprint density at radius 2 is 1.75 bits per heavy atom. The summed E-state index contributed by atoms with van der Waals surface area (Å²) >= 11 is 0. The highest BCUT2D eigenvalue weighted by Crippen LogP contribution is 2.43. The fraction of sp³-hybridized carbons (Fsp3) is 0.0500. The largest absolute Gasteiger partial charge is 0.399 e. The quantitative estimate of drug-likeness (QED) is 0.458. The van der Waals surface area contributed by atoms with Crippen molar-refractivity contribution in [1.82, 2.24) is 9.97 Å². The first-order chi connectivity index (χ1) is 11.8. The molecule has 0 radical (unpaired) electrons. The van der Waals surface area contributed by atoms with Crippen LogP contribution >= 0.6 is 0 Å². The number of fused-ring (bicyclic) bond motifs is 2. The Morgan fingerprint density at radius 3 is 2.62 bits per heavy atom. The number of nitrogens with two attached hydrogens (primary N) is 1. The first kappa shape index (κ1) is 13.2. The number of hydrogen-bond acceptors (Lipinski definition) is 3. The van der Waals surface area contributed by atoms with Gasteiger partial charge in [0, 0.05) is 40.3 Å². The lowest BCUT2D eigenvalue weighted by molar-refractivity contribution is 0.953. The molecule has 4 nitrogen and oxygen atoms in total. The SMILES string of the molecule is Nc1ccc(C2Nc3ccccc3-c3ccnc4[nH]cc2c34)cc1. The van der Waals surface area contributed by atoms with Crippen molar-refractivity contribution >= 4 is 22.4 Å². The molecule has 0 amide bonds. The molecular formula is C20H16N4. The zero-order chi connectivity index (χ0) is 16.1. The number of para-hydroxylation sites is 1. The number of rotatable bonds is 1. The molecular weight excluding hydrogens is 296 g/mol. The summed E-state index contributed by atoms with van der Waals surface area (Å²) in [7, 11) is 0. The van der Waals surface area contributed by atoms with Gasteiger partial charge in [-0.1, -0.05) is 30.3 Å². The minimum Gasteiger partial charge on any atom is -0.399 e. The number of aromatic nitrogens is 2. The molecule has 4 aromatic rings. The van der Waals surface area contributed by atoms with Crippen LogP contribution in [0.3, 0.4) is 0 Å². The fourth-order valence-electron chi connectivity index (χ4n) is 3.56. The molecule has 3 heterocycles. The number of nitrogens with zero attached hydrogens (tertiary/aromatic N) is 1. The van der Waals surface area contributed by atoms with Crippen LogP contribution in [0.4, 0.5) is 11.4 Å². The van der Waals surface area contributed by atoms with Gasteiger partial charge in [0.15, 0.2) is 0 Å². The smallest absolute Gasteiger partial charge is 0.138 e. The average Bonchev–Trinajstić information content (AvgIpc) is 2.98. The topological polar surface area (TPSA) is 66.7 Å². The van der Waals surface area contributed by atoms with Gasteiger partial charge in [0.25, 0.3) is 0 Å². The van der Waals surface area contributed by atoms with E-state index in [2.05, 4.69) is 63.9 Å². The molecule has 0 aliphatic carbocycles. The molecule has 0 spiro atoms. The molecule has 0 fully saturated rings. The third-order valence-electron chi connectivity index (χ3n) is 4.70. The molecule has 2 aromatic heterocycles. The molecule has 116 valence electrons. The Balaban J connectivity index is 1.83. The lowest BCUT2D eigenvalue weighted by atomic mass is 9.97. The number of nitrogens with one attached hydrogen (secondary N) is 2. The molecule has 2 aromatic carbocycles. The standard InChI is InChI=1S/C20H16N4/c21-13-7-5-12(6-8-13)19-16-11-23-20-18(16)15(9-10-22-20)14-3-1-2-4-17(14)24-19/h1-11,19,24H,21H2,(H,22,23). The van der Waals surface area contributed by atoms with Gasteiger partial charge in [-0.15, -0.1) is 0 Å². The Labute approximate surface area is 139 Å². The van der Waals surface area contributed by atoms with E-state index >= 15 is 0 Å². The first-order valence-corrected chi connectivity index (χ1v) is 7.98.